The zero-order chi connectivity index (χ0) is 11.7. The first-order chi connectivity index (χ1) is 7.63. The summed E-state index contributed by atoms with van der Waals surface area (Å²) in [7, 11) is 2.00. The summed E-state index contributed by atoms with van der Waals surface area (Å²) in [6, 6.07) is 6.45. The molecule has 84 valence electrons. The van der Waals surface area contributed by atoms with Crippen LogP contribution in [0.2, 0.25) is 0 Å². The van der Waals surface area contributed by atoms with Crippen LogP contribution in [0.15, 0.2) is 24.5 Å². The highest BCUT2D eigenvalue weighted by molar-refractivity contribution is 5.64. The van der Waals surface area contributed by atoms with E-state index < -0.39 is 0 Å². The lowest BCUT2D eigenvalue weighted by Crippen LogP contribution is -2.01. The molecule has 2 rings (SSSR count). The summed E-state index contributed by atoms with van der Waals surface area (Å²) in [5.41, 5.74) is 11.5. The minimum Gasteiger partial charge on any atom is -0.333 e. The molecule has 0 amide bonds. The second kappa shape index (κ2) is 4.10. The normalized spacial score (nSPS) is 10.8. The Labute approximate surface area is 95.9 Å². The van der Waals surface area contributed by atoms with Crippen LogP contribution in [0.3, 0.4) is 0 Å². The number of rotatable bonds is 2. The van der Waals surface area contributed by atoms with E-state index >= 15 is 0 Å². The number of nitrogens with two attached hydrogens (primary N) is 1. The SMILES string of the molecule is Cc1ccc(-c2c(CN)ncn2C)cc1C. The topological polar surface area (TPSA) is 43.8 Å². The number of nitrogens with zero attached hydrogens (tertiary/aromatic N) is 2. The Hall–Kier alpha value is -1.61. The molecule has 1 aromatic heterocycles. The van der Waals surface area contributed by atoms with Crippen LogP contribution < -0.4 is 5.73 Å². The molecular weight excluding hydrogens is 198 g/mol. The van der Waals surface area contributed by atoms with Crippen LogP contribution in [0, 0.1) is 13.8 Å². The van der Waals surface area contributed by atoms with Gasteiger partial charge < -0.3 is 10.3 Å². The van der Waals surface area contributed by atoms with Gasteiger partial charge in [-0.05, 0) is 31.0 Å². The van der Waals surface area contributed by atoms with E-state index in [1.807, 2.05) is 17.9 Å². The maximum atomic E-state index is 5.69. The fourth-order valence-corrected chi connectivity index (χ4v) is 1.89. The third kappa shape index (κ3) is 1.74. The van der Waals surface area contributed by atoms with Gasteiger partial charge in [-0.1, -0.05) is 12.1 Å². The van der Waals surface area contributed by atoms with E-state index in [2.05, 4.69) is 37.0 Å². The molecule has 0 unspecified atom stereocenters. The van der Waals surface area contributed by atoms with Crippen molar-refractivity contribution < 1.29 is 0 Å². The van der Waals surface area contributed by atoms with E-state index in [1.54, 1.807) is 0 Å². The summed E-state index contributed by atoms with van der Waals surface area (Å²) in [5.74, 6) is 0. The van der Waals surface area contributed by atoms with Crippen LogP contribution in [0.1, 0.15) is 16.8 Å². The smallest absolute Gasteiger partial charge is 0.0952 e. The Morgan fingerprint density at radius 2 is 2.00 bits per heavy atom. The largest absolute Gasteiger partial charge is 0.333 e. The Kier molecular flexibility index (Phi) is 2.79. The number of hydrogen-bond acceptors (Lipinski definition) is 2. The molecule has 0 saturated carbocycles. The van der Waals surface area contributed by atoms with Gasteiger partial charge in [0.05, 0.1) is 17.7 Å². The number of aromatic nitrogens is 2. The van der Waals surface area contributed by atoms with Crippen molar-refractivity contribution in [2.45, 2.75) is 20.4 Å². The molecule has 3 heteroatoms. The minimum atomic E-state index is 0.475. The monoisotopic (exact) mass is 215 g/mol. The van der Waals surface area contributed by atoms with Crippen molar-refractivity contribution in [3.05, 3.63) is 41.3 Å². The fourth-order valence-electron chi connectivity index (χ4n) is 1.89. The van der Waals surface area contributed by atoms with Crippen molar-refractivity contribution in [1.29, 1.82) is 0 Å². The molecule has 1 heterocycles. The molecule has 0 bridgehead atoms. The van der Waals surface area contributed by atoms with Crippen LogP contribution in [0.5, 0.6) is 0 Å². The van der Waals surface area contributed by atoms with Gasteiger partial charge in [-0.2, -0.15) is 0 Å². The Balaban J connectivity index is 2.57. The van der Waals surface area contributed by atoms with E-state index in [0.29, 0.717) is 6.54 Å². The van der Waals surface area contributed by atoms with Gasteiger partial charge in [-0.3, -0.25) is 0 Å². The Morgan fingerprint density at radius 3 is 2.62 bits per heavy atom. The first-order valence-electron chi connectivity index (χ1n) is 5.41. The lowest BCUT2D eigenvalue weighted by Gasteiger charge is -2.08. The molecule has 3 nitrogen and oxygen atoms in total. The van der Waals surface area contributed by atoms with Crippen molar-refractivity contribution in [2.24, 2.45) is 12.8 Å². The molecule has 16 heavy (non-hydrogen) atoms. The van der Waals surface area contributed by atoms with Gasteiger partial charge in [0.2, 0.25) is 0 Å². The number of benzene rings is 1. The zero-order valence-electron chi connectivity index (χ0n) is 9.99. The molecule has 0 atom stereocenters. The first kappa shape index (κ1) is 10.9. The summed E-state index contributed by atoms with van der Waals surface area (Å²) >= 11 is 0. The van der Waals surface area contributed by atoms with Crippen LogP contribution in [-0.4, -0.2) is 9.55 Å². The molecule has 0 saturated heterocycles. The fraction of sp³-hybridized carbons (Fsp3) is 0.308. The van der Waals surface area contributed by atoms with Gasteiger partial charge in [0.25, 0.3) is 0 Å². The molecule has 0 fully saturated rings. The maximum absolute atomic E-state index is 5.69. The number of hydrogen-bond donors (Lipinski definition) is 1. The van der Waals surface area contributed by atoms with Crippen LogP contribution in [-0.2, 0) is 13.6 Å². The molecule has 0 radical (unpaired) electrons. The van der Waals surface area contributed by atoms with Crippen molar-refractivity contribution >= 4 is 0 Å². The van der Waals surface area contributed by atoms with Crippen LogP contribution in [0.4, 0.5) is 0 Å². The van der Waals surface area contributed by atoms with Gasteiger partial charge >= 0.3 is 0 Å². The summed E-state index contributed by atoms with van der Waals surface area (Å²) in [6.45, 7) is 4.71. The third-order valence-corrected chi connectivity index (χ3v) is 2.99. The summed E-state index contributed by atoms with van der Waals surface area (Å²) in [6.07, 6.45) is 1.81. The average Bonchev–Trinajstić information content (AvgIpc) is 2.64. The summed E-state index contributed by atoms with van der Waals surface area (Å²) in [4.78, 5) is 4.30. The molecule has 0 spiro atoms. The van der Waals surface area contributed by atoms with Gasteiger partial charge in [0, 0.05) is 19.2 Å². The number of imidazole rings is 1. The average molecular weight is 215 g/mol. The molecule has 1 aromatic carbocycles. The van der Waals surface area contributed by atoms with Gasteiger partial charge in [-0.25, -0.2) is 4.98 Å². The van der Waals surface area contributed by atoms with Gasteiger partial charge in [-0.15, -0.1) is 0 Å². The van der Waals surface area contributed by atoms with E-state index in [9.17, 15) is 0 Å². The highest BCUT2D eigenvalue weighted by atomic mass is 15.0. The van der Waals surface area contributed by atoms with Crippen LogP contribution >= 0.6 is 0 Å². The molecule has 2 N–H and O–H groups in total. The van der Waals surface area contributed by atoms with Crippen molar-refractivity contribution in [1.82, 2.24) is 9.55 Å². The molecule has 2 aromatic rings. The van der Waals surface area contributed by atoms with Crippen molar-refractivity contribution in [2.75, 3.05) is 0 Å². The van der Waals surface area contributed by atoms with Crippen molar-refractivity contribution in [3.63, 3.8) is 0 Å². The Morgan fingerprint density at radius 1 is 1.25 bits per heavy atom. The molecule has 0 aliphatic rings. The van der Waals surface area contributed by atoms with Crippen molar-refractivity contribution in [3.8, 4) is 11.3 Å². The maximum Gasteiger partial charge on any atom is 0.0952 e. The molecule has 0 aliphatic heterocycles. The van der Waals surface area contributed by atoms with E-state index in [0.717, 1.165) is 11.4 Å². The predicted octanol–water partition coefficient (Wildman–Crippen LogP) is 2.16. The quantitative estimate of drug-likeness (QED) is 0.834. The second-order valence-electron chi connectivity index (χ2n) is 4.15. The molecular formula is C13H17N3. The lowest BCUT2D eigenvalue weighted by molar-refractivity contribution is 0.920. The highest BCUT2D eigenvalue weighted by Crippen LogP contribution is 2.24. The van der Waals surface area contributed by atoms with E-state index in [1.165, 1.54) is 16.7 Å². The van der Waals surface area contributed by atoms with E-state index in [-0.39, 0.29) is 0 Å². The summed E-state index contributed by atoms with van der Waals surface area (Å²) < 4.78 is 2.02. The Bertz CT molecular complexity index is 512. The highest BCUT2D eigenvalue weighted by Gasteiger charge is 2.10. The summed E-state index contributed by atoms with van der Waals surface area (Å²) in [5, 5.41) is 0. The standard InChI is InChI=1S/C13H17N3/c1-9-4-5-11(6-10(9)2)13-12(7-14)15-8-16(13)3/h4-6,8H,7,14H2,1-3H3. The van der Waals surface area contributed by atoms with Crippen LogP contribution in [0.25, 0.3) is 11.3 Å². The van der Waals surface area contributed by atoms with Gasteiger partial charge in [0.1, 0.15) is 0 Å². The number of aryl methyl sites for hydroxylation is 3. The molecule has 0 aliphatic carbocycles. The van der Waals surface area contributed by atoms with Gasteiger partial charge in [0.15, 0.2) is 0 Å². The minimum absolute atomic E-state index is 0.475. The first-order valence-corrected chi connectivity index (χ1v) is 5.41. The third-order valence-electron chi connectivity index (χ3n) is 2.99. The van der Waals surface area contributed by atoms with E-state index in [4.69, 9.17) is 5.73 Å². The second-order valence-corrected chi connectivity index (χ2v) is 4.15. The zero-order valence-corrected chi connectivity index (χ0v) is 9.99. The lowest BCUT2D eigenvalue weighted by atomic mass is 10.0. The predicted molar refractivity (Wildman–Crippen MR) is 66.0 cm³/mol.